The van der Waals surface area contributed by atoms with Crippen molar-refractivity contribution in [3.05, 3.63) is 41.7 Å². The van der Waals surface area contributed by atoms with Gasteiger partial charge in [0.05, 0.1) is 5.69 Å². The molecule has 0 aliphatic carbocycles. The van der Waals surface area contributed by atoms with Gasteiger partial charge < -0.3 is 5.32 Å². The van der Waals surface area contributed by atoms with Crippen LogP contribution < -0.4 is 5.32 Å². The summed E-state index contributed by atoms with van der Waals surface area (Å²) in [5.41, 5.74) is 1.94. The summed E-state index contributed by atoms with van der Waals surface area (Å²) < 4.78 is 26.1. The highest BCUT2D eigenvalue weighted by atomic mass is 19.2. The first-order valence-electron chi connectivity index (χ1n) is 5.64. The van der Waals surface area contributed by atoms with Gasteiger partial charge in [0, 0.05) is 17.7 Å². The summed E-state index contributed by atoms with van der Waals surface area (Å²) in [6.07, 6.45) is 1.40. The van der Waals surface area contributed by atoms with Crippen molar-refractivity contribution < 1.29 is 8.78 Å². The molecule has 3 nitrogen and oxygen atoms in total. The van der Waals surface area contributed by atoms with Crippen LogP contribution in [0.1, 0.15) is 12.5 Å². The fourth-order valence-electron chi connectivity index (χ4n) is 1.73. The number of nitrogens with zero attached hydrogens (tertiary/aromatic N) is 2. The minimum absolute atomic E-state index is 0.535. The Labute approximate surface area is 104 Å². The van der Waals surface area contributed by atoms with Crippen LogP contribution in [0.3, 0.4) is 0 Å². The Morgan fingerprint density at radius 3 is 2.61 bits per heavy atom. The maximum Gasteiger partial charge on any atom is 0.159 e. The molecule has 0 saturated heterocycles. The highest BCUT2D eigenvalue weighted by Gasteiger charge is 2.10. The molecule has 94 valence electrons. The summed E-state index contributed by atoms with van der Waals surface area (Å²) in [5, 5.41) is 3.09. The molecule has 0 radical (unpaired) electrons. The SMILES string of the molecule is CCNc1ncnc(-c2ccc(F)c(F)c2)c1C. The molecular formula is C13H13F2N3. The second-order valence-electron chi connectivity index (χ2n) is 3.86. The molecule has 2 aromatic rings. The van der Waals surface area contributed by atoms with Crippen LogP contribution in [0.15, 0.2) is 24.5 Å². The number of hydrogen-bond acceptors (Lipinski definition) is 3. The number of aromatic nitrogens is 2. The van der Waals surface area contributed by atoms with Crippen LogP contribution in [0, 0.1) is 18.6 Å². The molecule has 0 bridgehead atoms. The highest BCUT2D eigenvalue weighted by Crippen LogP contribution is 2.25. The number of hydrogen-bond donors (Lipinski definition) is 1. The zero-order valence-corrected chi connectivity index (χ0v) is 10.2. The van der Waals surface area contributed by atoms with E-state index in [1.165, 1.54) is 12.4 Å². The van der Waals surface area contributed by atoms with Crippen molar-refractivity contribution in [1.82, 2.24) is 9.97 Å². The molecule has 0 unspecified atom stereocenters. The fourth-order valence-corrected chi connectivity index (χ4v) is 1.73. The van der Waals surface area contributed by atoms with Crippen LogP contribution in [-0.4, -0.2) is 16.5 Å². The largest absolute Gasteiger partial charge is 0.370 e. The molecule has 0 amide bonds. The van der Waals surface area contributed by atoms with Gasteiger partial charge in [0.25, 0.3) is 0 Å². The average Bonchev–Trinajstić information content (AvgIpc) is 2.36. The zero-order chi connectivity index (χ0) is 13.1. The third kappa shape index (κ3) is 2.30. The van der Waals surface area contributed by atoms with Crippen LogP contribution in [0.4, 0.5) is 14.6 Å². The molecule has 0 aliphatic heterocycles. The fraction of sp³-hybridized carbons (Fsp3) is 0.231. The Hall–Kier alpha value is -2.04. The first-order chi connectivity index (χ1) is 8.63. The van der Waals surface area contributed by atoms with Crippen molar-refractivity contribution in [3.63, 3.8) is 0 Å². The second kappa shape index (κ2) is 5.08. The Kier molecular flexibility index (Phi) is 3.50. The predicted octanol–water partition coefficient (Wildman–Crippen LogP) is 3.16. The first-order valence-corrected chi connectivity index (χ1v) is 5.64. The molecule has 0 fully saturated rings. The van der Waals surface area contributed by atoms with E-state index in [1.807, 2.05) is 13.8 Å². The van der Waals surface area contributed by atoms with Crippen LogP contribution in [0.5, 0.6) is 0 Å². The van der Waals surface area contributed by atoms with E-state index in [4.69, 9.17) is 0 Å². The third-order valence-corrected chi connectivity index (χ3v) is 2.62. The Morgan fingerprint density at radius 2 is 1.94 bits per heavy atom. The van der Waals surface area contributed by atoms with E-state index in [1.54, 1.807) is 0 Å². The molecule has 2 rings (SSSR count). The van der Waals surface area contributed by atoms with Gasteiger partial charge in [-0.3, -0.25) is 0 Å². The molecule has 0 atom stereocenters. The van der Waals surface area contributed by atoms with Gasteiger partial charge in [-0.2, -0.15) is 0 Å². The zero-order valence-electron chi connectivity index (χ0n) is 10.2. The first kappa shape index (κ1) is 12.4. The topological polar surface area (TPSA) is 37.8 Å². The number of nitrogens with one attached hydrogen (secondary N) is 1. The van der Waals surface area contributed by atoms with E-state index >= 15 is 0 Å². The molecule has 18 heavy (non-hydrogen) atoms. The summed E-state index contributed by atoms with van der Waals surface area (Å²) in [5.74, 6) is -1.04. The summed E-state index contributed by atoms with van der Waals surface area (Å²) >= 11 is 0. The van der Waals surface area contributed by atoms with Crippen molar-refractivity contribution in [3.8, 4) is 11.3 Å². The molecular weight excluding hydrogens is 236 g/mol. The monoisotopic (exact) mass is 249 g/mol. The quantitative estimate of drug-likeness (QED) is 0.908. The predicted molar refractivity (Wildman–Crippen MR) is 66.3 cm³/mol. The van der Waals surface area contributed by atoms with Crippen molar-refractivity contribution in [2.24, 2.45) is 0 Å². The van der Waals surface area contributed by atoms with E-state index in [0.717, 1.165) is 24.2 Å². The lowest BCUT2D eigenvalue weighted by Crippen LogP contribution is -2.03. The molecule has 1 heterocycles. The van der Waals surface area contributed by atoms with Gasteiger partial charge in [-0.05, 0) is 32.0 Å². The van der Waals surface area contributed by atoms with E-state index < -0.39 is 11.6 Å². The maximum absolute atomic E-state index is 13.2. The number of halogens is 2. The lowest BCUT2D eigenvalue weighted by Gasteiger charge is -2.10. The van der Waals surface area contributed by atoms with Crippen molar-refractivity contribution in [2.45, 2.75) is 13.8 Å². The summed E-state index contributed by atoms with van der Waals surface area (Å²) in [4.78, 5) is 8.23. The molecule has 0 saturated carbocycles. The molecule has 1 aromatic carbocycles. The van der Waals surface area contributed by atoms with E-state index in [2.05, 4.69) is 15.3 Å². The maximum atomic E-state index is 13.2. The molecule has 1 aromatic heterocycles. The Bertz CT molecular complexity index is 570. The van der Waals surface area contributed by atoms with E-state index in [-0.39, 0.29) is 0 Å². The summed E-state index contributed by atoms with van der Waals surface area (Å²) in [6, 6.07) is 3.74. The Morgan fingerprint density at radius 1 is 1.17 bits per heavy atom. The summed E-state index contributed by atoms with van der Waals surface area (Å²) in [7, 11) is 0. The van der Waals surface area contributed by atoms with Crippen molar-refractivity contribution in [1.29, 1.82) is 0 Å². The number of anilines is 1. The van der Waals surface area contributed by atoms with Crippen LogP contribution in [0.2, 0.25) is 0 Å². The normalized spacial score (nSPS) is 10.4. The number of rotatable bonds is 3. The second-order valence-corrected chi connectivity index (χ2v) is 3.86. The minimum atomic E-state index is -0.879. The molecule has 5 heteroatoms. The Balaban J connectivity index is 2.50. The average molecular weight is 249 g/mol. The van der Waals surface area contributed by atoms with Gasteiger partial charge in [-0.25, -0.2) is 18.7 Å². The highest BCUT2D eigenvalue weighted by molar-refractivity contribution is 5.67. The van der Waals surface area contributed by atoms with Crippen molar-refractivity contribution in [2.75, 3.05) is 11.9 Å². The number of benzene rings is 1. The van der Waals surface area contributed by atoms with Gasteiger partial charge in [0.1, 0.15) is 12.1 Å². The smallest absolute Gasteiger partial charge is 0.159 e. The third-order valence-electron chi connectivity index (χ3n) is 2.62. The van der Waals surface area contributed by atoms with Gasteiger partial charge in [-0.1, -0.05) is 0 Å². The van der Waals surface area contributed by atoms with Crippen LogP contribution in [0.25, 0.3) is 11.3 Å². The van der Waals surface area contributed by atoms with Gasteiger partial charge in [0.15, 0.2) is 11.6 Å². The molecule has 1 N–H and O–H groups in total. The molecule has 0 spiro atoms. The van der Waals surface area contributed by atoms with Gasteiger partial charge >= 0.3 is 0 Å². The van der Waals surface area contributed by atoms with E-state index in [9.17, 15) is 8.78 Å². The minimum Gasteiger partial charge on any atom is -0.370 e. The lowest BCUT2D eigenvalue weighted by molar-refractivity contribution is 0.509. The van der Waals surface area contributed by atoms with Gasteiger partial charge in [-0.15, -0.1) is 0 Å². The standard InChI is InChI=1S/C13H13F2N3/c1-3-16-13-8(2)12(17-7-18-13)9-4-5-10(14)11(15)6-9/h4-7H,3H2,1-2H3,(H,16,17,18). The van der Waals surface area contributed by atoms with Crippen molar-refractivity contribution >= 4 is 5.82 Å². The lowest BCUT2D eigenvalue weighted by atomic mass is 10.1. The van der Waals surface area contributed by atoms with Gasteiger partial charge in [0.2, 0.25) is 0 Å². The van der Waals surface area contributed by atoms with E-state index in [0.29, 0.717) is 17.1 Å². The van der Waals surface area contributed by atoms with Crippen LogP contribution >= 0.6 is 0 Å². The summed E-state index contributed by atoms with van der Waals surface area (Å²) in [6.45, 7) is 4.53. The molecule has 0 aliphatic rings. The van der Waals surface area contributed by atoms with Crippen LogP contribution in [-0.2, 0) is 0 Å².